The van der Waals surface area contributed by atoms with Gasteiger partial charge in [0.2, 0.25) is 5.91 Å². The average Bonchev–Trinajstić information content (AvgIpc) is 2.07. The summed E-state index contributed by atoms with van der Waals surface area (Å²) in [7, 11) is 1.88. The van der Waals surface area contributed by atoms with Crippen LogP contribution in [0.3, 0.4) is 0 Å². The average molecular weight is 141 g/mol. The van der Waals surface area contributed by atoms with Gasteiger partial charge in [-0.1, -0.05) is 13.8 Å². The summed E-state index contributed by atoms with van der Waals surface area (Å²) >= 11 is 0. The largest absolute Gasteiger partial charge is 0.343 e. The molecule has 0 saturated carbocycles. The lowest BCUT2D eigenvalue weighted by Gasteiger charge is -2.16. The van der Waals surface area contributed by atoms with E-state index in [1.807, 2.05) is 18.9 Å². The van der Waals surface area contributed by atoms with Gasteiger partial charge in [0.25, 0.3) is 0 Å². The van der Waals surface area contributed by atoms with Crippen LogP contribution in [0.5, 0.6) is 0 Å². The Hall–Kier alpha value is -0.530. The Morgan fingerprint density at radius 2 is 1.80 bits per heavy atom. The summed E-state index contributed by atoms with van der Waals surface area (Å²) in [5, 5.41) is 0. The molecule has 1 aliphatic rings. The molecular weight excluding hydrogens is 126 g/mol. The van der Waals surface area contributed by atoms with Crippen LogP contribution < -0.4 is 0 Å². The van der Waals surface area contributed by atoms with Gasteiger partial charge in [0.05, 0.1) is 0 Å². The lowest BCUT2D eigenvalue weighted by molar-refractivity contribution is -0.130. The van der Waals surface area contributed by atoms with Crippen molar-refractivity contribution in [2.75, 3.05) is 7.05 Å². The minimum Gasteiger partial charge on any atom is -0.343 e. The zero-order valence-electron chi connectivity index (χ0n) is 7.09. The molecular formula is C8H15NO. The second kappa shape index (κ2) is 2.26. The van der Waals surface area contributed by atoms with E-state index in [0.29, 0.717) is 17.9 Å². The van der Waals surface area contributed by atoms with E-state index in [2.05, 4.69) is 13.8 Å². The van der Waals surface area contributed by atoms with E-state index >= 15 is 0 Å². The van der Waals surface area contributed by atoms with E-state index in [4.69, 9.17) is 0 Å². The van der Waals surface area contributed by atoms with Crippen molar-refractivity contribution in [2.24, 2.45) is 11.8 Å². The summed E-state index contributed by atoms with van der Waals surface area (Å²) in [6.07, 6.45) is 0. The molecule has 0 bridgehead atoms. The molecule has 0 unspecified atom stereocenters. The van der Waals surface area contributed by atoms with Crippen LogP contribution in [0.4, 0.5) is 0 Å². The fraction of sp³-hybridized carbons (Fsp3) is 0.875. The number of hydrogen-bond donors (Lipinski definition) is 0. The molecule has 58 valence electrons. The first kappa shape index (κ1) is 7.58. The van der Waals surface area contributed by atoms with Gasteiger partial charge >= 0.3 is 0 Å². The molecule has 2 nitrogen and oxygen atoms in total. The molecule has 2 heteroatoms. The van der Waals surface area contributed by atoms with Crippen molar-refractivity contribution in [3.8, 4) is 0 Å². The van der Waals surface area contributed by atoms with Gasteiger partial charge in [-0.25, -0.2) is 0 Å². The number of amides is 1. The van der Waals surface area contributed by atoms with Gasteiger partial charge in [-0.05, 0) is 12.8 Å². The van der Waals surface area contributed by atoms with Crippen LogP contribution in [0.2, 0.25) is 0 Å². The number of rotatable bonds is 0. The van der Waals surface area contributed by atoms with Gasteiger partial charge in [0.1, 0.15) is 0 Å². The van der Waals surface area contributed by atoms with E-state index < -0.39 is 0 Å². The van der Waals surface area contributed by atoms with Gasteiger partial charge in [0, 0.05) is 19.0 Å². The van der Waals surface area contributed by atoms with Crippen LogP contribution in [0.25, 0.3) is 0 Å². The molecule has 1 saturated heterocycles. The minimum atomic E-state index is 0.222. The molecule has 3 atom stereocenters. The number of carbonyl (C=O) groups excluding carboxylic acids is 1. The zero-order chi connectivity index (χ0) is 7.89. The molecule has 1 heterocycles. The van der Waals surface area contributed by atoms with Crippen LogP contribution in [0.15, 0.2) is 0 Å². The summed E-state index contributed by atoms with van der Waals surface area (Å²) in [5.74, 6) is 1.03. The van der Waals surface area contributed by atoms with Crippen LogP contribution in [-0.2, 0) is 4.79 Å². The lowest BCUT2D eigenvalue weighted by Crippen LogP contribution is -2.28. The molecule has 0 aliphatic carbocycles. The smallest absolute Gasteiger partial charge is 0.225 e. The zero-order valence-corrected chi connectivity index (χ0v) is 7.09. The van der Waals surface area contributed by atoms with Crippen molar-refractivity contribution in [3.05, 3.63) is 0 Å². The van der Waals surface area contributed by atoms with Crippen molar-refractivity contribution < 1.29 is 4.79 Å². The maximum atomic E-state index is 11.3. The molecule has 0 radical (unpaired) electrons. The lowest BCUT2D eigenvalue weighted by atomic mass is 9.95. The predicted octanol–water partition coefficient (Wildman–Crippen LogP) is 1.12. The normalized spacial score (nSPS) is 41.0. The maximum Gasteiger partial charge on any atom is 0.225 e. The quantitative estimate of drug-likeness (QED) is 0.495. The van der Waals surface area contributed by atoms with Gasteiger partial charge in [-0.3, -0.25) is 4.79 Å². The summed E-state index contributed by atoms with van der Waals surface area (Å²) < 4.78 is 0. The minimum absolute atomic E-state index is 0.222. The van der Waals surface area contributed by atoms with Crippen molar-refractivity contribution in [1.29, 1.82) is 0 Å². The van der Waals surface area contributed by atoms with Crippen molar-refractivity contribution in [1.82, 2.24) is 4.90 Å². The Morgan fingerprint density at radius 1 is 1.30 bits per heavy atom. The Bertz CT molecular complexity index is 139. The Kier molecular flexibility index (Phi) is 1.71. The van der Waals surface area contributed by atoms with Gasteiger partial charge < -0.3 is 4.90 Å². The third-order valence-corrected chi connectivity index (χ3v) is 2.90. The third kappa shape index (κ3) is 0.825. The fourth-order valence-corrected chi connectivity index (χ4v) is 1.52. The van der Waals surface area contributed by atoms with Crippen LogP contribution in [0, 0.1) is 11.8 Å². The molecule has 1 amide bonds. The van der Waals surface area contributed by atoms with E-state index in [9.17, 15) is 4.79 Å². The summed E-state index contributed by atoms with van der Waals surface area (Å²) in [6, 6.07) is 0.419. The van der Waals surface area contributed by atoms with E-state index in [1.165, 1.54) is 0 Å². The van der Waals surface area contributed by atoms with E-state index in [0.717, 1.165) is 0 Å². The first-order chi connectivity index (χ1) is 4.55. The molecule has 0 spiro atoms. The maximum absolute atomic E-state index is 11.3. The summed E-state index contributed by atoms with van der Waals surface area (Å²) in [4.78, 5) is 13.1. The molecule has 0 aromatic heterocycles. The Balaban J connectivity index is 2.78. The highest BCUT2D eigenvalue weighted by molar-refractivity contribution is 5.81. The second-order valence-electron chi connectivity index (χ2n) is 3.34. The Morgan fingerprint density at radius 3 is 1.90 bits per heavy atom. The van der Waals surface area contributed by atoms with Crippen molar-refractivity contribution >= 4 is 5.91 Å². The van der Waals surface area contributed by atoms with Gasteiger partial charge in [0.15, 0.2) is 0 Å². The highest BCUT2D eigenvalue weighted by Gasteiger charge is 2.37. The number of carbonyl (C=O) groups is 1. The Labute approximate surface area is 62.2 Å². The first-order valence-electron chi connectivity index (χ1n) is 3.82. The highest BCUT2D eigenvalue weighted by Crippen LogP contribution is 2.28. The SMILES string of the molecule is C[C@H]1[C@@H](C)N(C)C(=O)[C@@H]1C. The molecule has 0 aromatic rings. The summed E-state index contributed by atoms with van der Waals surface area (Å²) in [6.45, 7) is 6.25. The van der Waals surface area contributed by atoms with Crippen molar-refractivity contribution in [3.63, 3.8) is 0 Å². The van der Waals surface area contributed by atoms with Gasteiger partial charge in [-0.15, -0.1) is 0 Å². The van der Waals surface area contributed by atoms with Crippen LogP contribution in [-0.4, -0.2) is 23.9 Å². The second-order valence-corrected chi connectivity index (χ2v) is 3.34. The number of likely N-dealkylation sites (tertiary alicyclic amines) is 1. The molecule has 10 heavy (non-hydrogen) atoms. The molecule has 1 fully saturated rings. The molecule has 0 aromatic carbocycles. The number of nitrogens with zero attached hydrogens (tertiary/aromatic N) is 1. The number of hydrogen-bond acceptors (Lipinski definition) is 1. The molecule has 1 rings (SSSR count). The highest BCUT2D eigenvalue weighted by atomic mass is 16.2. The monoisotopic (exact) mass is 141 g/mol. The first-order valence-corrected chi connectivity index (χ1v) is 3.82. The van der Waals surface area contributed by atoms with Gasteiger partial charge in [-0.2, -0.15) is 0 Å². The molecule has 1 aliphatic heterocycles. The van der Waals surface area contributed by atoms with Crippen LogP contribution >= 0.6 is 0 Å². The topological polar surface area (TPSA) is 20.3 Å². The van der Waals surface area contributed by atoms with E-state index in [1.54, 1.807) is 0 Å². The van der Waals surface area contributed by atoms with E-state index in [-0.39, 0.29) is 5.92 Å². The standard InChI is InChI=1S/C8H15NO/c1-5-6(2)8(10)9(4)7(5)3/h5-7H,1-4H3/t5-,6-,7-/m1/s1. The third-order valence-electron chi connectivity index (χ3n) is 2.90. The van der Waals surface area contributed by atoms with Crippen LogP contribution in [0.1, 0.15) is 20.8 Å². The van der Waals surface area contributed by atoms with Crippen molar-refractivity contribution in [2.45, 2.75) is 26.8 Å². The predicted molar refractivity (Wildman–Crippen MR) is 40.6 cm³/mol. The summed E-state index contributed by atoms with van der Waals surface area (Å²) in [5.41, 5.74) is 0. The molecule has 0 N–H and O–H groups in total. The fourth-order valence-electron chi connectivity index (χ4n) is 1.52.